The van der Waals surface area contributed by atoms with E-state index in [2.05, 4.69) is 0 Å². The van der Waals surface area contributed by atoms with E-state index in [0.29, 0.717) is 0 Å². The van der Waals surface area contributed by atoms with Crippen molar-refractivity contribution in [3.8, 4) is 0 Å². The molecule has 0 fully saturated rings. The van der Waals surface area contributed by atoms with Crippen LogP contribution >= 0.6 is 8.58 Å². The Morgan fingerprint density at radius 1 is 1.80 bits per heavy atom. The van der Waals surface area contributed by atoms with Crippen molar-refractivity contribution in [3.63, 3.8) is 0 Å². The molecule has 0 aromatic rings. The molecule has 0 saturated carbocycles. The third kappa shape index (κ3) is 39.7. The van der Waals surface area contributed by atoms with Crippen LogP contribution in [-0.4, -0.2) is 11.7 Å². The average Bonchev–Trinajstić information content (AvgIpc) is 1.46. The first kappa shape index (κ1) is 9.45. The summed E-state index contributed by atoms with van der Waals surface area (Å²) in [5.74, 6) is 0. The first-order valence-corrected chi connectivity index (χ1v) is 5.66. The molecule has 0 unspecified atom stereocenters. The monoisotopic (exact) mass is 261 g/mol. The number of hydrogen-bond donors (Lipinski definition) is 1. The van der Waals surface area contributed by atoms with Gasteiger partial charge in [-0.25, -0.2) is 0 Å². The van der Waals surface area contributed by atoms with Gasteiger partial charge in [-0.1, -0.05) is 0 Å². The Labute approximate surface area is 50.5 Å². The fourth-order valence-corrected chi connectivity index (χ4v) is 0. The van der Waals surface area contributed by atoms with Crippen molar-refractivity contribution in [1.82, 2.24) is 0 Å². The zero-order chi connectivity index (χ0) is 4.71. The summed E-state index contributed by atoms with van der Waals surface area (Å²) in [5, 5.41) is 7.57. The van der Waals surface area contributed by atoms with Crippen LogP contribution in [0.2, 0.25) is 0 Å². The van der Waals surface area contributed by atoms with Gasteiger partial charge in [-0.15, -0.1) is 0 Å². The SMILES string of the molecule is CCO.[Cl][Hf]. The molecule has 0 aliphatic rings. The number of rotatable bonds is 0. The van der Waals surface area contributed by atoms with E-state index in [-0.39, 0.29) is 6.61 Å². The minimum atomic E-state index is 0.250. The second-order valence-corrected chi connectivity index (χ2v) is 0.316. The molecule has 0 heterocycles. The molecular formula is C2H6ClHfO. The van der Waals surface area contributed by atoms with Gasteiger partial charge >= 0.3 is 31.8 Å². The molecule has 0 atom stereocenters. The summed E-state index contributed by atoms with van der Waals surface area (Å²) in [6.45, 7) is 1.93. The van der Waals surface area contributed by atoms with E-state index in [1.165, 1.54) is 0 Å². The van der Waals surface area contributed by atoms with Gasteiger partial charge in [0.15, 0.2) is 0 Å². The molecule has 0 amide bonds. The van der Waals surface area contributed by atoms with Crippen molar-refractivity contribution in [2.45, 2.75) is 6.92 Å². The summed E-state index contributed by atoms with van der Waals surface area (Å²) in [4.78, 5) is 0. The van der Waals surface area contributed by atoms with Gasteiger partial charge in [0.1, 0.15) is 0 Å². The average molecular weight is 260 g/mol. The summed E-state index contributed by atoms with van der Waals surface area (Å²) in [6, 6.07) is 0. The second-order valence-electron chi connectivity index (χ2n) is 0.316. The van der Waals surface area contributed by atoms with E-state index < -0.39 is 0 Å². The van der Waals surface area contributed by atoms with Crippen molar-refractivity contribution in [2.75, 3.05) is 6.61 Å². The van der Waals surface area contributed by atoms with Gasteiger partial charge < -0.3 is 5.11 Å². The molecule has 0 saturated heterocycles. The quantitative estimate of drug-likeness (QED) is 0.635. The van der Waals surface area contributed by atoms with Gasteiger partial charge in [0.25, 0.3) is 0 Å². The zero-order valence-corrected chi connectivity index (χ0v) is 7.38. The van der Waals surface area contributed by atoms with E-state index in [1.807, 2.05) is 0 Å². The van der Waals surface area contributed by atoms with E-state index in [0.717, 1.165) is 23.2 Å². The second kappa shape index (κ2) is 19.3. The van der Waals surface area contributed by atoms with E-state index in [4.69, 9.17) is 13.7 Å². The van der Waals surface area contributed by atoms with Crippen LogP contribution in [0.3, 0.4) is 0 Å². The van der Waals surface area contributed by atoms with Crippen molar-refractivity contribution in [3.05, 3.63) is 0 Å². The molecule has 0 aromatic heterocycles. The molecule has 5 heavy (non-hydrogen) atoms. The van der Waals surface area contributed by atoms with Crippen molar-refractivity contribution < 1.29 is 28.3 Å². The van der Waals surface area contributed by atoms with E-state index >= 15 is 0 Å². The fourth-order valence-electron chi connectivity index (χ4n) is 0. The Morgan fingerprint density at radius 2 is 1.80 bits per heavy atom. The van der Waals surface area contributed by atoms with Crippen LogP contribution in [0.15, 0.2) is 0 Å². The molecule has 0 bridgehead atoms. The summed E-state index contributed by atoms with van der Waals surface area (Å²) < 4.78 is 0. The van der Waals surface area contributed by atoms with Crippen LogP contribution in [0.25, 0.3) is 0 Å². The molecule has 0 spiro atoms. The van der Waals surface area contributed by atoms with Gasteiger partial charge in [-0.3, -0.25) is 0 Å². The van der Waals surface area contributed by atoms with E-state index in [1.54, 1.807) is 6.92 Å². The Kier molecular flexibility index (Phi) is 36.6. The summed E-state index contributed by atoms with van der Waals surface area (Å²) >= 11 is 0.778. The van der Waals surface area contributed by atoms with Crippen LogP contribution in [0.1, 0.15) is 6.92 Å². The Morgan fingerprint density at radius 3 is 1.80 bits per heavy atom. The van der Waals surface area contributed by atoms with Gasteiger partial charge in [0.2, 0.25) is 0 Å². The Balaban J connectivity index is 0. The van der Waals surface area contributed by atoms with Crippen molar-refractivity contribution >= 4 is 8.58 Å². The molecule has 1 nitrogen and oxygen atoms in total. The zero-order valence-electron chi connectivity index (χ0n) is 3.03. The van der Waals surface area contributed by atoms with Gasteiger partial charge in [0, 0.05) is 6.61 Å². The van der Waals surface area contributed by atoms with Crippen LogP contribution < -0.4 is 0 Å². The van der Waals surface area contributed by atoms with E-state index in [9.17, 15) is 0 Å². The van der Waals surface area contributed by atoms with Crippen LogP contribution in [0.4, 0.5) is 0 Å². The third-order valence-corrected chi connectivity index (χ3v) is 0. The predicted molar refractivity (Wildman–Crippen MR) is 18.6 cm³/mol. The fraction of sp³-hybridized carbons (Fsp3) is 1.00. The van der Waals surface area contributed by atoms with Crippen molar-refractivity contribution in [1.29, 1.82) is 0 Å². The normalized spacial score (nSPS) is 4.40. The summed E-state index contributed by atoms with van der Waals surface area (Å²) in [5.41, 5.74) is 0. The topological polar surface area (TPSA) is 20.2 Å². The number of aliphatic hydroxyl groups excluding tert-OH is 1. The van der Waals surface area contributed by atoms with Crippen LogP contribution in [-0.2, 0) is 23.2 Å². The molecule has 1 N–H and O–H groups in total. The minimum absolute atomic E-state index is 0.250. The van der Waals surface area contributed by atoms with Gasteiger partial charge in [0.05, 0.1) is 0 Å². The molecule has 0 aromatic carbocycles. The first-order valence-electron chi connectivity index (χ1n) is 1.21. The maximum atomic E-state index is 7.57. The molecule has 0 aliphatic carbocycles. The summed E-state index contributed by atoms with van der Waals surface area (Å²) in [7, 11) is 4.78. The van der Waals surface area contributed by atoms with Gasteiger partial charge in [-0.2, -0.15) is 0 Å². The molecule has 31 valence electrons. The number of hydrogen-bond acceptors (Lipinski definition) is 1. The Bertz CT molecular complexity index is 9.61. The Hall–Kier alpha value is 1.12. The van der Waals surface area contributed by atoms with Crippen LogP contribution in [0.5, 0.6) is 0 Å². The number of halogens is 1. The molecule has 0 aliphatic heterocycles. The summed E-state index contributed by atoms with van der Waals surface area (Å²) in [6.07, 6.45) is 0. The first-order chi connectivity index (χ1) is 2.41. The maximum absolute atomic E-state index is 7.57. The third-order valence-electron chi connectivity index (χ3n) is 0. The number of aliphatic hydroxyl groups is 1. The molecule has 3 heteroatoms. The molecule has 0 rings (SSSR count). The molecule has 0 radical (unpaired) electrons. The molecular weight excluding hydrogens is 254 g/mol. The van der Waals surface area contributed by atoms with Gasteiger partial charge in [-0.05, 0) is 6.92 Å². The van der Waals surface area contributed by atoms with Crippen molar-refractivity contribution in [2.24, 2.45) is 0 Å². The van der Waals surface area contributed by atoms with Crippen LogP contribution in [0, 0.1) is 0 Å². The standard InChI is InChI=1S/C2H6O.ClH.Hf/c1-2-3;;/h3H,2H2,1H3;1H;/q;;+1/p-1. The predicted octanol–water partition coefficient (Wildman–Crippen LogP) is 0.686.